The normalized spacial score (nSPS) is 17.5. The summed E-state index contributed by atoms with van der Waals surface area (Å²) in [6.45, 7) is 7.74. The summed E-state index contributed by atoms with van der Waals surface area (Å²) in [7, 11) is 0. The number of thiophene rings is 1. The fourth-order valence-corrected chi connectivity index (χ4v) is 3.37. The van der Waals surface area contributed by atoms with Gasteiger partial charge < -0.3 is 9.64 Å². The summed E-state index contributed by atoms with van der Waals surface area (Å²) < 4.78 is 5.67. The Bertz CT molecular complexity index is 680. The SMILES string of the molecule is Cc1nc(-c2ccsc2)ccc1C(=O)N1CCOC(C)(C)C1. The lowest BCUT2D eigenvalue weighted by Crippen LogP contribution is -2.50. The predicted octanol–water partition coefficient (Wildman–Crippen LogP) is 3.37. The number of amides is 1. The molecule has 0 bridgehead atoms. The molecule has 22 heavy (non-hydrogen) atoms. The minimum Gasteiger partial charge on any atom is -0.372 e. The van der Waals surface area contributed by atoms with E-state index < -0.39 is 0 Å². The lowest BCUT2D eigenvalue weighted by atomic mass is 10.1. The third kappa shape index (κ3) is 3.05. The topological polar surface area (TPSA) is 42.4 Å². The number of nitrogens with zero attached hydrogens (tertiary/aromatic N) is 2. The molecule has 1 saturated heterocycles. The van der Waals surface area contributed by atoms with Gasteiger partial charge in [0, 0.05) is 24.0 Å². The smallest absolute Gasteiger partial charge is 0.255 e. The number of morpholine rings is 1. The second-order valence-corrected chi connectivity index (χ2v) is 6.96. The Morgan fingerprint density at radius 1 is 1.36 bits per heavy atom. The van der Waals surface area contributed by atoms with Crippen LogP contribution < -0.4 is 0 Å². The van der Waals surface area contributed by atoms with Gasteiger partial charge in [0.1, 0.15) is 0 Å². The lowest BCUT2D eigenvalue weighted by molar-refractivity contribution is -0.0764. The molecule has 4 nitrogen and oxygen atoms in total. The van der Waals surface area contributed by atoms with E-state index in [0.29, 0.717) is 25.3 Å². The minimum atomic E-state index is -0.286. The number of aryl methyl sites for hydroxylation is 1. The summed E-state index contributed by atoms with van der Waals surface area (Å²) >= 11 is 1.64. The maximum Gasteiger partial charge on any atom is 0.255 e. The van der Waals surface area contributed by atoms with Crippen LogP contribution in [0.1, 0.15) is 29.9 Å². The molecule has 116 valence electrons. The van der Waals surface area contributed by atoms with Gasteiger partial charge in [0.05, 0.1) is 29.2 Å². The van der Waals surface area contributed by atoms with Crippen LogP contribution in [-0.2, 0) is 4.74 Å². The quantitative estimate of drug-likeness (QED) is 0.853. The zero-order valence-electron chi connectivity index (χ0n) is 13.1. The van der Waals surface area contributed by atoms with Crippen LogP contribution in [0, 0.1) is 6.92 Å². The van der Waals surface area contributed by atoms with Gasteiger partial charge in [-0.05, 0) is 44.4 Å². The molecule has 2 aromatic heterocycles. The van der Waals surface area contributed by atoms with Gasteiger partial charge in [0.15, 0.2) is 0 Å². The van der Waals surface area contributed by atoms with Crippen LogP contribution >= 0.6 is 11.3 Å². The van der Waals surface area contributed by atoms with Crippen molar-refractivity contribution in [2.45, 2.75) is 26.4 Å². The van der Waals surface area contributed by atoms with E-state index in [1.807, 2.05) is 49.3 Å². The molecule has 5 heteroatoms. The van der Waals surface area contributed by atoms with Gasteiger partial charge in [-0.15, -0.1) is 0 Å². The van der Waals surface area contributed by atoms with Gasteiger partial charge >= 0.3 is 0 Å². The number of rotatable bonds is 2. The average Bonchev–Trinajstić information content (AvgIpc) is 2.99. The van der Waals surface area contributed by atoms with Gasteiger partial charge in [-0.1, -0.05) is 0 Å². The molecule has 3 heterocycles. The first-order valence-corrected chi connectivity index (χ1v) is 8.34. The van der Waals surface area contributed by atoms with Crippen LogP contribution in [0.3, 0.4) is 0 Å². The maximum absolute atomic E-state index is 12.7. The van der Waals surface area contributed by atoms with Crippen molar-refractivity contribution in [3.63, 3.8) is 0 Å². The van der Waals surface area contributed by atoms with Crippen LogP contribution in [0.4, 0.5) is 0 Å². The van der Waals surface area contributed by atoms with Crippen molar-refractivity contribution in [2.24, 2.45) is 0 Å². The van der Waals surface area contributed by atoms with Crippen LogP contribution in [0.15, 0.2) is 29.0 Å². The minimum absolute atomic E-state index is 0.0400. The van der Waals surface area contributed by atoms with E-state index in [9.17, 15) is 4.79 Å². The van der Waals surface area contributed by atoms with Crippen LogP contribution in [0.2, 0.25) is 0 Å². The van der Waals surface area contributed by atoms with E-state index in [-0.39, 0.29) is 11.5 Å². The standard InChI is InChI=1S/C17H20N2O2S/c1-12-14(4-5-15(18-12)13-6-9-22-10-13)16(20)19-7-8-21-17(2,3)11-19/h4-6,9-10H,7-8,11H2,1-3H3. The molecular weight excluding hydrogens is 296 g/mol. The molecule has 2 aromatic rings. The lowest BCUT2D eigenvalue weighted by Gasteiger charge is -2.38. The van der Waals surface area contributed by atoms with Crippen molar-refractivity contribution in [2.75, 3.05) is 19.7 Å². The number of ether oxygens (including phenoxy) is 1. The number of carbonyl (C=O) groups is 1. The van der Waals surface area contributed by atoms with Crippen molar-refractivity contribution in [3.8, 4) is 11.3 Å². The molecule has 1 fully saturated rings. The molecular formula is C17H20N2O2S. The Kier molecular flexibility index (Phi) is 4.02. The number of pyridine rings is 1. The highest BCUT2D eigenvalue weighted by atomic mass is 32.1. The summed E-state index contributed by atoms with van der Waals surface area (Å²) in [5.74, 6) is 0.0400. The van der Waals surface area contributed by atoms with Crippen molar-refractivity contribution in [3.05, 3.63) is 40.2 Å². The van der Waals surface area contributed by atoms with Gasteiger partial charge in [0.2, 0.25) is 0 Å². The first-order chi connectivity index (χ1) is 10.5. The van der Waals surface area contributed by atoms with E-state index in [1.54, 1.807) is 11.3 Å². The fourth-order valence-electron chi connectivity index (χ4n) is 2.72. The largest absolute Gasteiger partial charge is 0.372 e. The highest BCUT2D eigenvalue weighted by Gasteiger charge is 2.31. The highest BCUT2D eigenvalue weighted by Crippen LogP contribution is 2.23. The third-order valence-corrected chi connectivity index (χ3v) is 4.53. The zero-order chi connectivity index (χ0) is 15.7. The Morgan fingerprint density at radius 3 is 2.82 bits per heavy atom. The molecule has 1 aliphatic heterocycles. The molecule has 3 rings (SSSR count). The highest BCUT2D eigenvalue weighted by molar-refractivity contribution is 7.08. The molecule has 0 atom stereocenters. The monoisotopic (exact) mass is 316 g/mol. The predicted molar refractivity (Wildman–Crippen MR) is 88.2 cm³/mol. The Morgan fingerprint density at radius 2 is 2.18 bits per heavy atom. The number of carbonyl (C=O) groups excluding carboxylic acids is 1. The molecule has 0 saturated carbocycles. The van der Waals surface area contributed by atoms with E-state index in [4.69, 9.17) is 4.74 Å². The van der Waals surface area contributed by atoms with Gasteiger partial charge in [-0.3, -0.25) is 9.78 Å². The number of hydrogen-bond donors (Lipinski definition) is 0. The Hall–Kier alpha value is -1.72. The van der Waals surface area contributed by atoms with E-state index in [0.717, 1.165) is 17.0 Å². The van der Waals surface area contributed by atoms with E-state index >= 15 is 0 Å². The zero-order valence-corrected chi connectivity index (χ0v) is 13.9. The maximum atomic E-state index is 12.7. The number of aromatic nitrogens is 1. The van der Waals surface area contributed by atoms with E-state index in [1.165, 1.54) is 0 Å². The molecule has 1 aliphatic rings. The van der Waals surface area contributed by atoms with Gasteiger partial charge in [-0.2, -0.15) is 11.3 Å². The average molecular weight is 316 g/mol. The Labute approximate surface area is 134 Å². The number of hydrogen-bond acceptors (Lipinski definition) is 4. The van der Waals surface area contributed by atoms with Crippen LogP contribution in [0.25, 0.3) is 11.3 Å². The summed E-state index contributed by atoms with van der Waals surface area (Å²) in [5, 5.41) is 4.09. The summed E-state index contributed by atoms with van der Waals surface area (Å²) in [4.78, 5) is 19.2. The summed E-state index contributed by atoms with van der Waals surface area (Å²) in [6.07, 6.45) is 0. The molecule has 1 amide bonds. The fraction of sp³-hybridized carbons (Fsp3) is 0.412. The first kappa shape index (κ1) is 15.2. The van der Waals surface area contributed by atoms with Crippen molar-refractivity contribution < 1.29 is 9.53 Å². The van der Waals surface area contributed by atoms with Crippen molar-refractivity contribution >= 4 is 17.2 Å². The molecule has 0 spiro atoms. The summed E-state index contributed by atoms with van der Waals surface area (Å²) in [6, 6.07) is 5.85. The van der Waals surface area contributed by atoms with Crippen molar-refractivity contribution in [1.29, 1.82) is 0 Å². The molecule has 0 aromatic carbocycles. The summed E-state index contributed by atoms with van der Waals surface area (Å²) in [5.41, 5.74) is 3.18. The molecule has 0 unspecified atom stereocenters. The van der Waals surface area contributed by atoms with Gasteiger partial charge in [0.25, 0.3) is 5.91 Å². The Balaban J connectivity index is 1.84. The van der Waals surface area contributed by atoms with Gasteiger partial charge in [-0.25, -0.2) is 0 Å². The molecule has 0 radical (unpaired) electrons. The van der Waals surface area contributed by atoms with Crippen LogP contribution in [0.5, 0.6) is 0 Å². The molecule has 0 aliphatic carbocycles. The second-order valence-electron chi connectivity index (χ2n) is 6.18. The second kappa shape index (κ2) is 5.82. The first-order valence-electron chi connectivity index (χ1n) is 7.40. The third-order valence-electron chi connectivity index (χ3n) is 3.85. The molecule has 0 N–H and O–H groups in total. The van der Waals surface area contributed by atoms with Crippen LogP contribution in [-0.4, -0.2) is 41.1 Å². The van der Waals surface area contributed by atoms with E-state index in [2.05, 4.69) is 10.4 Å². The van der Waals surface area contributed by atoms with Crippen molar-refractivity contribution in [1.82, 2.24) is 9.88 Å².